The second kappa shape index (κ2) is 12.1. The van der Waals surface area contributed by atoms with Crippen LogP contribution in [0.1, 0.15) is 68.4 Å². The fraction of sp³-hybridized carbons (Fsp3) is 0.541. The molecule has 5 fully saturated rings. The van der Waals surface area contributed by atoms with Crippen molar-refractivity contribution in [2.24, 2.45) is 11.3 Å². The molecule has 0 spiro atoms. The van der Waals surface area contributed by atoms with E-state index in [0.717, 1.165) is 55.4 Å². The predicted octanol–water partition coefficient (Wildman–Crippen LogP) is 7.49. The van der Waals surface area contributed by atoms with Crippen molar-refractivity contribution in [3.05, 3.63) is 41.0 Å². The molecule has 5 heterocycles. The molecule has 2 aromatic heterocycles. The molecule has 3 aliphatic heterocycles. The lowest BCUT2D eigenvalue weighted by Crippen LogP contribution is -2.51. The summed E-state index contributed by atoms with van der Waals surface area (Å²) >= 11 is 0.982. The lowest BCUT2D eigenvalue weighted by atomic mass is 9.91. The number of fused-ring (bicyclic) bond motifs is 4. The predicted molar refractivity (Wildman–Crippen MR) is 186 cm³/mol. The number of anilines is 2. The van der Waals surface area contributed by atoms with Crippen LogP contribution in [0, 0.1) is 34.3 Å². The van der Waals surface area contributed by atoms with Crippen LogP contribution in [0.2, 0.25) is 0 Å². The van der Waals surface area contributed by atoms with E-state index in [1.807, 2.05) is 6.07 Å². The monoisotopic (exact) mass is 723 g/mol. The molecule has 5 aliphatic rings. The molecule has 14 heteroatoms. The number of piperidine rings is 1. The number of nitrogen functional groups attached to an aromatic ring is 1. The van der Waals surface area contributed by atoms with Crippen molar-refractivity contribution in [2.45, 2.75) is 75.5 Å². The number of alkyl halides is 3. The second-order valence-corrected chi connectivity index (χ2v) is 16.4. The normalized spacial score (nSPS) is 23.6. The summed E-state index contributed by atoms with van der Waals surface area (Å²) in [7, 11) is 0. The summed E-state index contributed by atoms with van der Waals surface area (Å²) in [6.45, 7) is 3.11. The summed E-state index contributed by atoms with van der Waals surface area (Å²) in [6.07, 6.45) is 1.65. The highest BCUT2D eigenvalue weighted by molar-refractivity contribution is 7.23. The summed E-state index contributed by atoms with van der Waals surface area (Å²) in [4.78, 5) is 13.9. The average Bonchev–Trinajstić information content (AvgIpc) is 4.03. The van der Waals surface area contributed by atoms with Gasteiger partial charge in [0.1, 0.15) is 28.2 Å². The minimum Gasteiger partial charge on any atom is -0.463 e. The van der Waals surface area contributed by atoms with Gasteiger partial charge in [-0.3, -0.25) is 0 Å². The molecule has 2 unspecified atom stereocenters. The standard InChI is InChI=1S/C37H38F5N7OS/c38-27-6-5-23(29-26(14-43)33(44)51-32(27)29)28-24(19-1-2-19)13-25-31(30(28)39)46-35(47-34(25)49-15-21-3-4-22(16-49)45-21)50-18-36(9-10-36)17-48-11-7-20(8-12-48)37(40,41)42/h5-6,13,19-22,45H,1-4,7-12,15-18,44H2. The second-order valence-electron chi connectivity index (χ2n) is 15.3. The van der Waals surface area contributed by atoms with Crippen molar-refractivity contribution in [2.75, 3.05) is 50.0 Å². The third-order valence-electron chi connectivity index (χ3n) is 11.7. The number of nitrogens with two attached hydrogens (primary N) is 1. The molecule has 2 aliphatic carbocycles. The van der Waals surface area contributed by atoms with E-state index in [1.54, 1.807) is 0 Å². The van der Waals surface area contributed by atoms with Gasteiger partial charge in [0.2, 0.25) is 0 Å². The Hall–Kier alpha value is -3.80. The largest absolute Gasteiger partial charge is 0.463 e. The number of nitriles is 1. The Bertz CT molecular complexity index is 2070. The summed E-state index contributed by atoms with van der Waals surface area (Å²) < 4.78 is 78.8. The molecule has 0 radical (unpaired) electrons. The molecule has 268 valence electrons. The van der Waals surface area contributed by atoms with E-state index >= 15 is 8.78 Å². The number of rotatable bonds is 8. The quantitative estimate of drug-likeness (QED) is 0.180. The number of halogens is 5. The van der Waals surface area contributed by atoms with Crippen molar-refractivity contribution in [3.63, 3.8) is 0 Å². The Labute approximate surface area is 295 Å². The smallest absolute Gasteiger partial charge is 0.391 e. The molecular formula is C37H38F5N7OS. The maximum absolute atomic E-state index is 17.4. The summed E-state index contributed by atoms with van der Waals surface area (Å²) in [6, 6.07) is 7.56. The fourth-order valence-electron chi connectivity index (χ4n) is 8.62. The Kier molecular flexibility index (Phi) is 7.87. The molecule has 0 amide bonds. The third kappa shape index (κ3) is 5.95. The molecule has 2 aromatic carbocycles. The maximum Gasteiger partial charge on any atom is 0.391 e. The first-order chi connectivity index (χ1) is 24.5. The van der Waals surface area contributed by atoms with Crippen LogP contribution in [0.25, 0.3) is 32.1 Å². The Balaban J connectivity index is 1.11. The third-order valence-corrected chi connectivity index (χ3v) is 12.8. The number of ether oxygens (including phenoxy) is 1. The zero-order valence-electron chi connectivity index (χ0n) is 28.0. The van der Waals surface area contributed by atoms with Gasteiger partial charge in [-0.15, -0.1) is 11.3 Å². The van der Waals surface area contributed by atoms with E-state index in [0.29, 0.717) is 72.5 Å². The summed E-state index contributed by atoms with van der Waals surface area (Å²) in [5, 5.41) is 14.7. The Morgan fingerprint density at radius 3 is 2.41 bits per heavy atom. The molecule has 2 bridgehead atoms. The van der Waals surface area contributed by atoms with E-state index in [-0.39, 0.29) is 57.6 Å². The Morgan fingerprint density at radius 1 is 1.04 bits per heavy atom. The van der Waals surface area contributed by atoms with Crippen LogP contribution >= 0.6 is 11.3 Å². The molecular weight excluding hydrogens is 686 g/mol. The van der Waals surface area contributed by atoms with Crippen LogP contribution < -0.4 is 20.7 Å². The molecule has 4 aromatic rings. The fourth-order valence-corrected chi connectivity index (χ4v) is 9.57. The number of nitrogens with zero attached hydrogens (tertiary/aromatic N) is 5. The van der Waals surface area contributed by atoms with Crippen molar-refractivity contribution in [1.29, 1.82) is 5.26 Å². The molecule has 2 saturated carbocycles. The minimum atomic E-state index is -4.16. The number of likely N-dealkylation sites (tertiary alicyclic amines) is 1. The van der Waals surface area contributed by atoms with Crippen LogP contribution in [0.15, 0.2) is 18.2 Å². The first kappa shape index (κ1) is 33.1. The zero-order valence-corrected chi connectivity index (χ0v) is 28.8. The van der Waals surface area contributed by atoms with Gasteiger partial charge in [-0.05, 0) is 93.6 Å². The van der Waals surface area contributed by atoms with Gasteiger partial charge < -0.3 is 25.6 Å². The lowest BCUT2D eigenvalue weighted by Gasteiger charge is -2.35. The molecule has 3 N–H and O–H groups in total. The molecule has 3 saturated heterocycles. The highest BCUT2D eigenvalue weighted by Gasteiger charge is 2.47. The van der Waals surface area contributed by atoms with Crippen LogP contribution in [-0.2, 0) is 0 Å². The average molecular weight is 724 g/mol. The zero-order chi connectivity index (χ0) is 35.2. The number of piperazine rings is 1. The van der Waals surface area contributed by atoms with Crippen molar-refractivity contribution in [1.82, 2.24) is 20.2 Å². The van der Waals surface area contributed by atoms with Crippen molar-refractivity contribution in [3.8, 4) is 23.2 Å². The number of nitrogens with one attached hydrogen (secondary N) is 1. The van der Waals surface area contributed by atoms with Gasteiger partial charge in [0.25, 0.3) is 0 Å². The van der Waals surface area contributed by atoms with E-state index in [4.69, 9.17) is 20.4 Å². The maximum atomic E-state index is 17.4. The van der Waals surface area contributed by atoms with Gasteiger partial charge >= 0.3 is 12.2 Å². The summed E-state index contributed by atoms with van der Waals surface area (Å²) in [5.74, 6) is -1.63. The van der Waals surface area contributed by atoms with E-state index in [2.05, 4.69) is 21.2 Å². The van der Waals surface area contributed by atoms with Crippen LogP contribution in [0.3, 0.4) is 0 Å². The number of thiophene rings is 1. The minimum absolute atomic E-state index is 0.0520. The van der Waals surface area contributed by atoms with Crippen LogP contribution in [-0.4, -0.2) is 72.5 Å². The first-order valence-electron chi connectivity index (χ1n) is 17.9. The van der Waals surface area contributed by atoms with E-state index < -0.39 is 23.7 Å². The number of aromatic nitrogens is 2. The SMILES string of the molecule is N#Cc1c(N)sc2c(F)ccc(-c3c(C4CC4)cc4c(N5CC6CCC(C5)N6)nc(OCC5(CN6CCC(C(F)(F)F)CC6)CC5)nc4c3F)c12. The molecule has 2 atom stereocenters. The van der Waals surface area contributed by atoms with Crippen molar-refractivity contribution >= 4 is 43.1 Å². The van der Waals surface area contributed by atoms with Crippen LogP contribution in [0.5, 0.6) is 6.01 Å². The van der Waals surface area contributed by atoms with Gasteiger partial charge in [0.15, 0.2) is 5.82 Å². The number of hydrogen-bond donors (Lipinski definition) is 2. The molecule has 51 heavy (non-hydrogen) atoms. The van der Waals surface area contributed by atoms with Gasteiger partial charge in [0, 0.05) is 53.5 Å². The first-order valence-corrected chi connectivity index (χ1v) is 18.7. The highest BCUT2D eigenvalue weighted by atomic mass is 32.1. The van der Waals surface area contributed by atoms with Gasteiger partial charge in [0.05, 0.1) is 22.8 Å². The van der Waals surface area contributed by atoms with Gasteiger partial charge in [-0.2, -0.15) is 28.4 Å². The van der Waals surface area contributed by atoms with Crippen molar-refractivity contribution < 1.29 is 26.7 Å². The van der Waals surface area contributed by atoms with E-state index in [9.17, 15) is 18.4 Å². The molecule has 8 nitrogen and oxygen atoms in total. The Morgan fingerprint density at radius 2 is 1.76 bits per heavy atom. The lowest BCUT2D eigenvalue weighted by molar-refractivity contribution is -0.185. The van der Waals surface area contributed by atoms with Gasteiger partial charge in [-0.25, -0.2) is 8.78 Å². The van der Waals surface area contributed by atoms with E-state index in [1.165, 1.54) is 12.1 Å². The number of hydrogen-bond acceptors (Lipinski definition) is 9. The van der Waals surface area contributed by atoms with Gasteiger partial charge in [-0.1, -0.05) is 6.07 Å². The van der Waals surface area contributed by atoms with Crippen LogP contribution in [0.4, 0.5) is 32.8 Å². The highest BCUT2D eigenvalue weighted by Crippen LogP contribution is 2.51. The number of benzene rings is 2. The molecule has 9 rings (SSSR count). The topological polar surface area (TPSA) is 103 Å². The summed E-state index contributed by atoms with van der Waals surface area (Å²) in [5.41, 5.74) is 7.66.